The Bertz CT molecular complexity index is 331. The fourth-order valence-corrected chi connectivity index (χ4v) is 1.73. The summed E-state index contributed by atoms with van der Waals surface area (Å²) >= 11 is 0. The number of carbonyl (C=O) groups is 1. The van der Waals surface area contributed by atoms with Crippen molar-refractivity contribution in [1.29, 1.82) is 0 Å². The van der Waals surface area contributed by atoms with Gasteiger partial charge in [-0.1, -0.05) is 0 Å². The smallest absolute Gasteiger partial charge is 0.410 e. The number of hydrogen-bond donors (Lipinski definition) is 1. The van der Waals surface area contributed by atoms with Crippen molar-refractivity contribution in [3.63, 3.8) is 0 Å². The van der Waals surface area contributed by atoms with Crippen LogP contribution in [0.5, 0.6) is 0 Å². The van der Waals surface area contributed by atoms with Crippen LogP contribution < -0.4 is 5.32 Å². The normalized spacial score (nSPS) is 21.7. The van der Waals surface area contributed by atoms with E-state index in [1.54, 1.807) is 20.8 Å². The topological polar surface area (TPSA) is 41.6 Å². The zero-order valence-corrected chi connectivity index (χ0v) is 11.1. The second kappa shape index (κ2) is 5.52. The lowest BCUT2D eigenvalue weighted by atomic mass is 10.1. The van der Waals surface area contributed by atoms with Crippen LogP contribution in [0.4, 0.5) is 22.4 Å². The molecule has 1 amide bonds. The van der Waals surface area contributed by atoms with E-state index < -0.39 is 36.6 Å². The molecular formula is C11H18F4N2O2. The number of nitrogens with one attached hydrogen (secondary N) is 1. The number of ether oxygens (including phenoxy) is 1. The highest BCUT2D eigenvalue weighted by atomic mass is 19.3. The molecule has 112 valence electrons. The average Bonchev–Trinajstić information content (AvgIpc) is 2.26. The Morgan fingerprint density at radius 3 is 2.42 bits per heavy atom. The Morgan fingerprint density at radius 2 is 1.95 bits per heavy atom. The first kappa shape index (κ1) is 16.0. The van der Waals surface area contributed by atoms with Gasteiger partial charge in [0.25, 0.3) is 0 Å². The van der Waals surface area contributed by atoms with Crippen LogP contribution in [0.3, 0.4) is 0 Å². The van der Waals surface area contributed by atoms with Gasteiger partial charge in [-0.15, -0.1) is 0 Å². The van der Waals surface area contributed by atoms with Crippen LogP contribution in [-0.4, -0.2) is 54.6 Å². The van der Waals surface area contributed by atoms with Gasteiger partial charge in [-0.3, -0.25) is 4.90 Å². The fourth-order valence-electron chi connectivity index (χ4n) is 1.73. The van der Waals surface area contributed by atoms with Gasteiger partial charge in [-0.05, 0) is 20.8 Å². The molecule has 1 rings (SSSR count). The van der Waals surface area contributed by atoms with Crippen molar-refractivity contribution >= 4 is 6.09 Å². The molecule has 1 unspecified atom stereocenters. The predicted octanol–water partition coefficient (Wildman–Crippen LogP) is 2.10. The number of piperazine rings is 1. The first-order valence-corrected chi connectivity index (χ1v) is 5.92. The highest BCUT2D eigenvalue weighted by molar-refractivity contribution is 5.69. The largest absolute Gasteiger partial charge is 0.444 e. The van der Waals surface area contributed by atoms with Crippen molar-refractivity contribution in [2.24, 2.45) is 0 Å². The molecule has 1 aliphatic rings. The summed E-state index contributed by atoms with van der Waals surface area (Å²) < 4.78 is 56.7. The molecular weight excluding hydrogens is 268 g/mol. The quantitative estimate of drug-likeness (QED) is 0.790. The summed E-state index contributed by atoms with van der Waals surface area (Å²) in [4.78, 5) is 12.5. The zero-order valence-electron chi connectivity index (χ0n) is 11.1. The number of hydrogen-bond acceptors (Lipinski definition) is 3. The minimum absolute atomic E-state index is 0.0953. The predicted molar refractivity (Wildman–Crippen MR) is 60.5 cm³/mol. The summed E-state index contributed by atoms with van der Waals surface area (Å²) in [7, 11) is 0. The van der Waals surface area contributed by atoms with E-state index in [2.05, 4.69) is 5.32 Å². The number of rotatable bonds is 2. The van der Waals surface area contributed by atoms with Gasteiger partial charge in [0.05, 0.1) is 0 Å². The van der Waals surface area contributed by atoms with Crippen LogP contribution in [0.15, 0.2) is 0 Å². The van der Waals surface area contributed by atoms with Gasteiger partial charge in [0.2, 0.25) is 0 Å². The van der Waals surface area contributed by atoms with Gasteiger partial charge < -0.3 is 10.1 Å². The third kappa shape index (κ3) is 3.95. The summed E-state index contributed by atoms with van der Waals surface area (Å²) in [5, 5.41) is 2.58. The molecule has 1 aliphatic heterocycles. The van der Waals surface area contributed by atoms with Gasteiger partial charge in [-0.25, -0.2) is 13.6 Å². The maximum Gasteiger partial charge on any atom is 0.410 e. The van der Waals surface area contributed by atoms with E-state index in [1.807, 2.05) is 0 Å². The molecule has 0 aromatic heterocycles. The highest BCUT2D eigenvalue weighted by Gasteiger charge is 2.53. The zero-order chi connectivity index (χ0) is 14.8. The maximum atomic E-state index is 13.4. The third-order valence-electron chi connectivity index (χ3n) is 2.61. The van der Waals surface area contributed by atoms with Gasteiger partial charge in [-0.2, -0.15) is 8.78 Å². The Morgan fingerprint density at radius 1 is 1.37 bits per heavy atom. The van der Waals surface area contributed by atoms with E-state index in [9.17, 15) is 22.4 Å². The van der Waals surface area contributed by atoms with Crippen LogP contribution in [0, 0.1) is 0 Å². The van der Waals surface area contributed by atoms with Gasteiger partial charge in [0.1, 0.15) is 11.6 Å². The van der Waals surface area contributed by atoms with E-state index in [4.69, 9.17) is 4.74 Å². The second-order valence-electron chi connectivity index (χ2n) is 5.37. The van der Waals surface area contributed by atoms with Crippen molar-refractivity contribution in [3.8, 4) is 0 Å². The molecule has 1 atom stereocenters. The lowest BCUT2D eigenvalue weighted by Crippen LogP contribution is -2.63. The van der Waals surface area contributed by atoms with Crippen molar-refractivity contribution in [3.05, 3.63) is 0 Å². The Kier molecular flexibility index (Phi) is 4.65. The molecule has 19 heavy (non-hydrogen) atoms. The van der Waals surface area contributed by atoms with Gasteiger partial charge in [0.15, 0.2) is 0 Å². The summed E-state index contributed by atoms with van der Waals surface area (Å²) in [6.45, 7) is 4.50. The standard InChI is InChI=1S/C11H18F4N2O2/c1-10(2,3)19-9(18)17-5-4-16-6-7(17)11(14,15)8(12)13/h7-8,16H,4-6H2,1-3H3. The number of nitrogens with zero attached hydrogens (tertiary/aromatic N) is 1. The molecule has 1 fully saturated rings. The molecule has 0 bridgehead atoms. The summed E-state index contributed by atoms with van der Waals surface area (Å²) in [5.74, 6) is -4.27. The van der Waals surface area contributed by atoms with E-state index in [-0.39, 0.29) is 13.1 Å². The van der Waals surface area contributed by atoms with Crippen molar-refractivity contribution in [1.82, 2.24) is 10.2 Å². The highest BCUT2D eigenvalue weighted by Crippen LogP contribution is 2.31. The molecule has 1 N–H and O–H groups in total. The van der Waals surface area contributed by atoms with Crippen LogP contribution in [0.2, 0.25) is 0 Å². The first-order valence-electron chi connectivity index (χ1n) is 5.92. The Hall–Kier alpha value is -1.05. The Labute approximate surface area is 109 Å². The number of carbonyl (C=O) groups excluding carboxylic acids is 1. The fraction of sp³-hybridized carbons (Fsp3) is 0.909. The maximum absolute atomic E-state index is 13.4. The monoisotopic (exact) mass is 286 g/mol. The molecule has 0 radical (unpaired) electrons. The van der Waals surface area contributed by atoms with Crippen LogP contribution >= 0.6 is 0 Å². The molecule has 1 heterocycles. The van der Waals surface area contributed by atoms with Crippen molar-refractivity contribution < 1.29 is 27.1 Å². The van der Waals surface area contributed by atoms with Crippen LogP contribution in [-0.2, 0) is 4.74 Å². The van der Waals surface area contributed by atoms with Gasteiger partial charge in [0, 0.05) is 19.6 Å². The molecule has 0 saturated carbocycles. The first-order chi connectivity index (χ1) is 8.55. The van der Waals surface area contributed by atoms with E-state index in [1.165, 1.54) is 0 Å². The molecule has 0 aromatic carbocycles. The second-order valence-corrected chi connectivity index (χ2v) is 5.37. The number of alkyl halides is 4. The number of amides is 1. The SMILES string of the molecule is CC(C)(C)OC(=O)N1CCNCC1C(F)(F)C(F)F. The summed E-state index contributed by atoms with van der Waals surface area (Å²) in [6, 6.07) is -1.91. The lowest BCUT2D eigenvalue weighted by molar-refractivity contribution is -0.173. The lowest BCUT2D eigenvalue weighted by Gasteiger charge is -2.40. The van der Waals surface area contributed by atoms with E-state index >= 15 is 0 Å². The van der Waals surface area contributed by atoms with Crippen LogP contribution in [0.25, 0.3) is 0 Å². The minimum atomic E-state index is -4.27. The van der Waals surface area contributed by atoms with Gasteiger partial charge >= 0.3 is 18.4 Å². The summed E-state index contributed by atoms with van der Waals surface area (Å²) in [5.41, 5.74) is -0.868. The number of halogens is 4. The van der Waals surface area contributed by atoms with E-state index in [0.717, 1.165) is 0 Å². The van der Waals surface area contributed by atoms with Crippen LogP contribution in [0.1, 0.15) is 20.8 Å². The molecule has 4 nitrogen and oxygen atoms in total. The summed E-state index contributed by atoms with van der Waals surface area (Å²) in [6.07, 6.45) is -4.83. The average molecular weight is 286 g/mol. The Balaban J connectivity index is 2.87. The van der Waals surface area contributed by atoms with Crippen molar-refractivity contribution in [2.75, 3.05) is 19.6 Å². The van der Waals surface area contributed by atoms with Crippen molar-refractivity contribution in [2.45, 2.75) is 44.8 Å². The molecule has 1 saturated heterocycles. The molecule has 0 aromatic rings. The minimum Gasteiger partial charge on any atom is -0.444 e. The third-order valence-corrected chi connectivity index (χ3v) is 2.61. The molecule has 0 aliphatic carbocycles. The molecule has 8 heteroatoms. The molecule has 0 spiro atoms. The van der Waals surface area contributed by atoms with E-state index in [0.29, 0.717) is 4.90 Å².